The number of ether oxygens (including phenoxy) is 5. The molecular weight excluding hydrogens is 841 g/mol. The van der Waals surface area contributed by atoms with Crippen molar-refractivity contribution in [2.45, 2.75) is 202 Å². The summed E-state index contributed by atoms with van der Waals surface area (Å²) >= 11 is 0. The van der Waals surface area contributed by atoms with Gasteiger partial charge < -0.3 is 34.5 Å². The number of aryl methyl sites for hydroxylation is 3. The zero-order chi connectivity index (χ0) is 49.7. The first-order valence-corrected chi connectivity index (χ1v) is 22.6. The van der Waals surface area contributed by atoms with Crippen molar-refractivity contribution < 1.29 is 52.8 Å². The Morgan fingerprint density at radius 3 is 1.45 bits per heavy atom. The second kappa shape index (κ2) is 23.9. The number of carbonyl (C=O) groups excluding carboxylic acids is 4. The Morgan fingerprint density at radius 1 is 0.615 bits per heavy atom. The number of carbonyl (C=O) groups is 5. The van der Waals surface area contributed by atoms with E-state index in [-0.39, 0.29) is 30.7 Å². The molecule has 19 heteroatoms. The molecule has 0 unspecified atom stereocenters. The number of nitrogens with zero attached hydrogens (tertiary/aromatic N) is 7. The Bertz CT molecular complexity index is 1760. The Balaban J connectivity index is 0.000000305. The van der Waals surface area contributed by atoms with Gasteiger partial charge in [-0.3, -0.25) is 19.6 Å². The number of carboxylic acid groups (broad SMARTS) is 1. The van der Waals surface area contributed by atoms with E-state index in [1.807, 2.05) is 76.2 Å². The third-order valence-electron chi connectivity index (χ3n) is 9.81. The van der Waals surface area contributed by atoms with Crippen molar-refractivity contribution in [3.8, 4) is 5.75 Å². The highest BCUT2D eigenvalue weighted by molar-refractivity contribution is 5.80. The van der Waals surface area contributed by atoms with Crippen molar-refractivity contribution in [3.63, 3.8) is 0 Å². The molecular formula is C46H78N8O11. The van der Waals surface area contributed by atoms with Gasteiger partial charge in [-0.25, -0.2) is 24.0 Å². The highest BCUT2D eigenvalue weighted by Crippen LogP contribution is 2.30. The molecule has 3 N–H and O–H groups in total. The molecule has 0 aliphatic carbocycles. The van der Waals surface area contributed by atoms with Crippen LogP contribution in [0.1, 0.15) is 151 Å². The van der Waals surface area contributed by atoms with Crippen LogP contribution in [0.25, 0.3) is 10.4 Å². The molecule has 4 saturated heterocycles. The normalized spacial score (nSPS) is 20.7. The second-order valence-corrected chi connectivity index (χ2v) is 20.7. The molecule has 4 heterocycles. The quantitative estimate of drug-likeness (QED) is 0.124. The molecule has 65 heavy (non-hydrogen) atoms. The lowest BCUT2D eigenvalue weighted by atomic mass is 10.1. The summed E-state index contributed by atoms with van der Waals surface area (Å²) < 4.78 is 27.2. The number of hydrogen-bond acceptors (Lipinski definition) is 12. The zero-order valence-electron chi connectivity index (χ0n) is 41.7. The molecule has 4 aliphatic heterocycles. The largest absolute Gasteiger partial charge is 0.480 e. The molecule has 0 saturated carbocycles. The number of benzene rings is 1. The summed E-state index contributed by atoms with van der Waals surface area (Å²) in [7, 11) is 0. The van der Waals surface area contributed by atoms with Crippen molar-refractivity contribution >= 4 is 30.3 Å². The molecule has 0 radical (unpaired) electrons. The fourth-order valence-corrected chi connectivity index (χ4v) is 7.24. The van der Waals surface area contributed by atoms with Gasteiger partial charge in [-0.2, -0.15) is 0 Å². The molecule has 5 rings (SSSR count). The van der Waals surface area contributed by atoms with E-state index in [0.29, 0.717) is 32.5 Å². The molecule has 4 fully saturated rings. The summed E-state index contributed by atoms with van der Waals surface area (Å²) in [5, 5.41) is 12.4. The number of rotatable bonds is 4. The van der Waals surface area contributed by atoms with Crippen molar-refractivity contribution in [1.29, 1.82) is 0 Å². The van der Waals surface area contributed by atoms with Crippen molar-refractivity contribution in [1.82, 2.24) is 19.6 Å². The smallest absolute Gasteiger partial charge is 0.413 e. The topological polar surface area (TPSA) is 239 Å². The SMILES string of the molecule is CC(C)(C)OC(=O)N1CCC[C@H]1C(=O)O.CC(C)(C)OC(=O)N1CCC[C@H]1N.CC(C)(C)OC(=O)N1CCC[C@H]1N=[N+]=[N-].Cc1cc(C)c(O[C@@H]2CCCN2C(=O)OC(C)(C)C)c(C)c1. The maximum absolute atomic E-state index is 12.3. The molecule has 4 atom stereocenters. The van der Waals surface area contributed by atoms with Crippen molar-refractivity contribution in [3.05, 3.63) is 39.3 Å². The van der Waals surface area contributed by atoms with Crippen LogP contribution in [0.3, 0.4) is 0 Å². The fraction of sp³-hybridized carbons (Fsp3) is 0.761. The van der Waals surface area contributed by atoms with Crippen LogP contribution in [0.5, 0.6) is 5.75 Å². The molecule has 4 aliphatic rings. The Labute approximate surface area is 386 Å². The van der Waals surface area contributed by atoms with Crippen LogP contribution in [-0.4, -0.2) is 128 Å². The van der Waals surface area contributed by atoms with E-state index in [1.165, 1.54) is 15.4 Å². The number of nitrogens with two attached hydrogens (primary N) is 1. The molecule has 0 aromatic heterocycles. The number of hydrogen-bond donors (Lipinski definition) is 2. The lowest BCUT2D eigenvalue weighted by Crippen LogP contribution is -2.43. The number of aliphatic carboxylic acids is 1. The van der Waals surface area contributed by atoms with Gasteiger partial charge in [-0.15, -0.1) is 0 Å². The van der Waals surface area contributed by atoms with Crippen LogP contribution in [-0.2, 0) is 23.7 Å². The van der Waals surface area contributed by atoms with E-state index >= 15 is 0 Å². The number of azide groups is 1. The van der Waals surface area contributed by atoms with E-state index < -0.39 is 46.6 Å². The van der Waals surface area contributed by atoms with Gasteiger partial charge in [-0.05, 0) is 165 Å². The summed E-state index contributed by atoms with van der Waals surface area (Å²) in [6.45, 7) is 30.5. The molecule has 1 aromatic carbocycles. The lowest BCUT2D eigenvalue weighted by molar-refractivity contribution is -0.142. The Kier molecular flexibility index (Phi) is 20.5. The van der Waals surface area contributed by atoms with Gasteiger partial charge in [0.1, 0.15) is 40.4 Å². The maximum atomic E-state index is 12.3. The standard InChI is InChI=1S/C18H27NO3.C10H17NO4.C9H16N4O2.C9H18N2O2/c1-12-10-13(2)16(14(3)11-12)21-15-8-7-9-19(15)17(20)22-18(4,5)6;1-10(2,3)15-9(14)11-6-4-5-7(11)8(12)13;1-9(2,3)15-8(14)13-6-4-5-7(13)11-12-10;1-9(2,3)13-8(12)11-6-4-5-7(11)10/h10-11,15H,7-9H2,1-6H3;7H,4-6H2,1-3H3,(H,12,13);7H,4-6H2,1-3H3;7H,4-6,10H2,1-3H3/t15-;3*7-/m1000/s1. The third kappa shape index (κ3) is 19.9. The van der Waals surface area contributed by atoms with Crippen molar-refractivity contribution in [2.24, 2.45) is 10.8 Å². The number of likely N-dealkylation sites (tertiary alicyclic amines) is 4. The van der Waals surface area contributed by atoms with E-state index in [2.05, 4.69) is 29.1 Å². The molecule has 0 bridgehead atoms. The highest BCUT2D eigenvalue weighted by atomic mass is 16.6. The third-order valence-corrected chi connectivity index (χ3v) is 9.81. The minimum absolute atomic E-state index is 0.158. The van der Waals surface area contributed by atoms with Crippen LogP contribution in [0, 0.1) is 20.8 Å². The van der Waals surface area contributed by atoms with Gasteiger partial charge in [0, 0.05) is 37.5 Å². The van der Waals surface area contributed by atoms with E-state index in [1.54, 1.807) is 30.6 Å². The van der Waals surface area contributed by atoms with Crippen LogP contribution < -0.4 is 10.5 Å². The summed E-state index contributed by atoms with van der Waals surface area (Å²) in [5.74, 6) is -0.0792. The summed E-state index contributed by atoms with van der Waals surface area (Å²) in [4.78, 5) is 66.7. The van der Waals surface area contributed by atoms with Gasteiger partial charge in [0.25, 0.3) is 0 Å². The monoisotopic (exact) mass is 919 g/mol. The summed E-state index contributed by atoms with van der Waals surface area (Å²) in [6.07, 6.45) is 4.10. The summed E-state index contributed by atoms with van der Waals surface area (Å²) in [5.41, 5.74) is 15.5. The van der Waals surface area contributed by atoms with E-state index in [4.69, 9.17) is 40.1 Å². The summed E-state index contributed by atoms with van der Waals surface area (Å²) in [6, 6.07) is 3.49. The molecule has 0 spiro atoms. The average molecular weight is 919 g/mol. The van der Waals surface area contributed by atoms with Gasteiger partial charge >= 0.3 is 30.3 Å². The average Bonchev–Trinajstić information content (AvgIpc) is 3.96. The molecule has 19 nitrogen and oxygen atoms in total. The first-order chi connectivity index (χ1) is 29.8. The number of amides is 4. The van der Waals surface area contributed by atoms with Gasteiger partial charge in [-0.1, -0.05) is 22.8 Å². The highest BCUT2D eigenvalue weighted by Gasteiger charge is 2.37. The van der Waals surface area contributed by atoms with Crippen LogP contribution >= 0.6 is 0 Å². The predicted octanol–water partition coefficient (Wildman–Crippen LogP) is 9.77. The van der Waals surface area contributed by atoms with Gasteiger partial charge in [0.05, 0.1) is 6.17 Å². The van der Waals surface area contributed by atoms with Gasteiger partial charge in [0.2, 0.25) is 0 Å². The Morgan fingerprint density at radius 2 is 1.00 bits per heavy atom. The maximum Gasteiger partial charge on any atom is 0.413 e. The Hall–Kier alpha value is -5.16. The lowest BCUT2D eigenvalue weighted by Gasteiger charge is -2.29. The van der Waals surface area contributed by atoms with E-state index in [9.17, 15) is 24.0 Å². The molecule has 1 aromatic rings. The second-order valence-electron chi connectivity index (χ2n) is 20.7. The van der Waals surface area contributed by atoms with Crippen LogP contribution in [0.15, 0.2) is 17.2 Å². The van der Waals surface area contributed by atoms with Crippen molar-refractivity contribution in [2.75, 3.05) is 26.2 Å². The molecule has 4 amide bonds. The first kappa shape index (κ1) is 56.0. The minimum Gasteiger partial charge on any atom is -0.480 e. The number of carboxylic acids is 1. The van der Waals surface area contributed by atoms with Gasteiger partial charge in [0.15, 0.2) is 6.23 Å². The van der Waals surface area contributed by atoms with Crippen LogP contribution in [0.2, 0.25) is 0 Å². The van der Waals surface area contributed by atoms with Crippen LogP contribution in [0.4, 0.5) is 19.2 Å². The fourth-order valence-electron chi connectivity index (χ4n) is 7.24. The molecule has 368 valence electrons. The zero-order valence-corrected chi connectivity index (χ0v) is 41.7. The van der Waals surface area contributed by atoms with E-state index in [0.717, 1.165) is 61.9 Å². The first-order valence-electron chi connectivity index (χ1n) is 22.6. The predicted molar refractivity (Wildman–Crippen MR) is 246 cm³/mol. The minimum atomic E-state index is -0.960.